The zero-order valence-corrected chi connectivity index (χ0v) is 19.2. The van der Waals surface area contributed by atoms with Gasteiger partial charge in [-0.15, -0.1) is 26.3 Å². The lowest BCUT2D eigenvalue weighted by molar-refractivity contribution is 0.266. The topological polar surface area (TPSA) is 107 Å². The third kappa shape index (κ3) is 58.5. The summed E-state index contributed by atoms with van der Waals surface area (Å²) in [4.78, 5) is -0.0741. The number of aliphatic hydroxyl groups is 2. The van der Waals surface area contributed by atoms with Gasteiger partial charge in [0.15, 0.2) is 0 Å². The van der Waals surface area contributed by atoms with Gasteiger partial charge in [-0.2, -0.15) is 8.42 Å². The van der Waals surface area contributed by atoms with Gasteiger partial charge in [-0.1, -0.05) is 42.5 Å². The van der Waals surface area contributed by atoms with Gasteiger partial charge in [0.25, 0.3) is 10.1 Å². The Labute approximate surface area is 178 Å². The molecule has 0 fully saturated rings. The first-order valence-corrected chi connectivity index (χ1v) is 10.4. The van der Waals surface area contributed by atoms with Crippen LogP contribution in [0.5, 0.6) is 0 Å². The van der Waals surface area contributed by atoms with Gasteiger partial charge in [-0.05, 0) is 39.8 Å². The van der Waals surface area contributed by atoms with E-state index in [4.69, 9.17) is 14.8 Å². The van der Waals surface area contributed by atoms with E-state index in [1.165, 1.54) is 12.1 Å². The van der Waals surface area contributed by atoms with E-state index in [1.807, 2.05) is 27.7 Å². The maximum Gasteiger partial charge on any atom is 0.294 e. The van der Waals surface area contributed by atoms with Gasteiger partial charge in [0.1, 0.15) is 0 Å². The molecule has 0 saturated carbocycles. The second-order valence-electron chi connectivity index (χ2n) is 4.62. The summed E-state index contributed by atoms with van der Waals surface area (Å²) in [7, 11) is -4.00. The Kier molecular flexibility index (Phi) is 47.8. The molecule has 6 nitrogen and oxygen atoms in total. The fraction of sp³-hybridized carbons (Fsp3) is 0.364. The van der Waals surface area contributed by atoms with Crippen LogP contribution in [0.15, 0.2) is 85.8 Å². The molecule has 7 heteroatoms. The zero-order valence-electron chi connectivity index (χ0n) is 18.4. The van der Waals surface area contributed by atoms with Crippen molar-refractivity contribution in [3.8, 4) is 0 Å². The first kappa shape index (κ1) is 37.7. The number of hydrogen-bond donors (Lipinski definition) is 4. The molecule has 0 saturated heterocycles. The Morgan fingerprint density at radius 3 is 1.24 bits per heavy atom. The molecule has 1 aromatic carbocycles. The van der Waals surface area contributed by atoms with Gasteiger partial charge in [-0.25, -0.2) is 0 Å². The molecule has 0 bridgehead atoms. The highest BCUT2D eigenvalue weighted by molar-refractivity contribution is 7.85. The Hall–Kier alpha value is -2.03. The Morgan fingerprint density at radius 2 is 1.07 bits per heavy atom. The smallest absolute Gasteiger partial charge is 0.294 e. The lowest BCUT2D eigenvalue weighted by atomic mass is 10.4. The van der Waals surface area contributed by atoms with E-state index < -0.39 is 10.1 Å². The van der Waals surface area contributed by atoms with Gasteiger partial charge >= 0.3 is 0 Å². The zero-order chi connectivity index (χ0) is 24.0. The van der Waals surface area contributed by atoms with E-state index in [1.54, 1.807) is 42.5 Å². The predicted octanol–water partition coefficient (Wildman–Crippen LogP) is 4.26. The molecule has 29 heavy (non-hydrogen) atoms. The molecule has 1 aromatic rings. The first-order chi connectivity index (χ1) is 13.7. The van der Waals surface area contributed by atoms with Crippen LogP contribution in [0.1, 0.15) is 27.7 Å². The monoisotopic (exact) mass is 431 g/mol. The highest BCUT2D eigenvalue weighted by atomic mass is 32.2. The average molecular weight is 432 g/mol. The van der Waals surface area contributed by atoms with Crippen LogP contribution in [-0.2, 0) is 10.1 Å². The number of benzene rings is 1. The third-order valence-electron chi connectivity index (χ3n) is 1.62. The summed E-state index contributed by atoms with van der Waals surface area (Å²) in [6, 6.07) is 7.42. The molecule has 0 aliphatic carbocycles. The van der Waals surface area contributed by atoms with Crippen molar-refractivity contribution in [2.75, 3.05) is 26.3 Å². The van der Waals surface area contributed by atoms with Gasteiger partial charge < -0.3 is 15.5 Å². The van der Waals surface area contributed by atoms with Crippen molar-refractivity contribution < 1.29 is 23.2 Å². The van der Waals surface area contributed by atoms with Gasteiger partial charge in [0, 0.05) is 13.1 Å². The van der Waals surface area contributed by atoms with Gasteiger partial charge in [0.2, 0.25) is 0 Å². The van der Waals surface area contributed by atoms with Crippen molar-refractivity contribution in [2.45, 2.75) is 32.6 Å². The molecule has 1 rings (SSSR count). The minimum absolute atomic E-state index is 0.0741. The summed E-state index contributed by atoms with van der Waals surface area (Å²) >= 11 is 0. The molecular formula is C22H41NO5S. The van der Waals surface area contributed by atoms with Crippen LogP contribution in [0.4, 0.5) is 0 Å². The molecule has 0 aromatic heterocycles. The lowest BCUT2D eigenvalue weighted by Gasteiger charge is -1.94. The highest BCUT2D eigenvalue weighted by Crippen LogP contribution is 2.05. The minimum atomic E-state index is -4.00. The number of aliphatic hydroxyl groups excluding tert-OH is 2. The largest absolute Gasteiger partial charge is 0.395 e. The van der Waals surface area contributed by atoms with Crippen LogP contribution in [-0.4, -0.2) is 49.5 Å². The summed E-state index contributed by atoms with van der Waals surface area (Å²) in [6.45, 7) is 22.4. The molecule has 0 aliphatic rings. The van der Waals surface area contributed by atoms with Crippen LogP contribution in [0.3, 0.4) is 0 Å². The molecule has 0 aliphatic heterocycles. The molecule has 0 radical (unpaired) electrons. The van der Waals surface area contributed by atoms with Crippen LogP contribution in [0, 0.1) is 0 Å². The van der Waals surface area contributed by atoms with Gasteiger partial charge in [-0.3, -0.25) is 4.55 Å². The minimum Gasteiger partial charge on any atom is -0.395 e. The van der Waals surface area contributed by atoms with E-state index in [0.717, 1.165) is 0 Å². The molecule has 0 amide bonds. The van der Waals surface area contributed by atoms with Crippen molar-refractivity contribution in [1.29, 1.82) is 0 Å². The standard InChI is InChI=1S/C6H6O3S.C4H11NO2.4C3H6/c7-10(8,9)6-4-2-1-3-5-6;6-3-1-5-2-4-7;4*1-3-2/h1-5H,(H,7,8,9);5-7H,1-4H2;4*3H,1H2,2H3. The van der Waals surface area contributed by atoms with Crippen LogP contribution in [0.25, 0.3) is 0 Å². The number of hydrogen-bond acceptors (Lipinski definition) is 5. The van der Waals surface area contributed by atoms with Crippen LogP contribution < -0.4 is 5.32 Å². The van der Waals surface area contributed by atoms with Crippen LogP contribution in [0.2, 0.25) is 0 Å². The second kappa shape index (κ2) is 36.8. The summed E-state index contributed by atoms with van der Waals surface area (Å²) in [5, 5.41) is 19.1. The molecular weight excluding hydrogens is 390 g/mol. The molecule has 0 atom stereocenters. The Morgan fingerprint density at radius 1 is 0.793 bits per heavy atom. The predicted molar refractivity (Wildman–Crippen MR) is 127 cm³/mol. The molecule has 0 spiro atoms. The Bertz CT molecular complexity index is 516. The summed E-state index contributed by atoms with van der Waals surface area (Å²) < 4.78 is 29.2. The van der Waals surface area contributed by atoms with E-state index in [-0.39, 0.29) is 18.1 Å². The molecule has 0 heterocycles. The van der Waals surface area contributed by atoms with Crippen LogP contribution >= 0.6 is 0 Å². The van der Waals surface area contributed by atoms with E-state index >= 15 is 0 Å². The first-order valence-electron chi connectivity index (χ1n) is 8.91. The van der Waals surface area contributed by atoms with E-state index in [2.05, 4.69) is 31.6 Å². The lowest BCUT2D eigenvalue weighted by Crippen LogP contribution is -2.21. The van der Waals surface area contributed by atoms with Crippen molar-refractivity contribution in [1.82, 2.24) is 5.32 Å². The fourth-order valence-corrected chi connectivity index (χ4v) is 1.38. The number of rotatable bonds is 5. The van der Waals surface area contributed by atoms with E-state index in [0.29, 0.717) is 13.1 Å². The third-order valence-corrected chi connectivity index (χ3v) is 2.49. The summed E-state index contributed by atoms with van der Waals surface area (Å²) in [5.41, 5.74) is 0. The SMILES string of the molecule is C=CC.C=CC.C=CC.C=CC.O=S(=O)(O)c1ccccc1.OCCNCCO. The average Bonchev–Trinajstić information content (AvgIpc) is 2.65. The maximum atomic E-state index is 10.4. The second-order valence-corrected chi connectivity index (χ2v) is 6.04. The highest BCUT2D eigenvalue weighted by Gasteiger charge is 2.05. The summed E-state index contributed by atoms with van der Waals surface area (Å²) in [5.74, 6) is 0. The van der Waals surface area contributed by atoms with Crippen molar-refractivity contribution in [2.24, 2.45) is 0 Å². The van der Waals surface area contributed by atoms with E-state index in [9.17, 15) is 8.42 Å². The Balaban J connectivity index is -0.0000000885. The quantitative estimate of drug-likeness (QED) is 0.315. The normalized spacial score (nSPS) is 7.97. The van der Waals surface area contributed by atoms with Crippen molar-refractivity contribution in [3.05, 3.63) is 81.0 Å². The van der Waals surface area contributed by atoms with Crippen molar-refractivity contribution >= 4 is 10.1 Å². The maximum absolute atomic E-state index is 10.4. The fourth-order valence-electron chi connectivity index (χ4n) is 0.876. The van der Waals surface area contributed by atoms with Gasteiger partial charge in [0.05, 0.1) is 18.1 Å². The molecule has 0 unspecified atom stereocenters. The number of allylic oxidation sites excluding steroid dienone is 4. The number of nitrogens with one attached hydrogen (secondary N) is 1. The molecule has 170 valence electrons. The summed E-state index contributed by atoms with van der Waals surface area (Å²) in [6.07, 6.45) is 7.00. The molecule has 4 N–H and O–H groups in total. The van der Waals surface area contributed by atoms with Crippen molar-refractivity contribution in [3.63, 3.8) is 0 Å².